The Morgan fingerprint density at radius 1 is 1.14 bits per heavy atom. The van der Waals surface area contributed by atoms with Crippen LogP contribution in [0.15, 0.2) is 0 Å². The van der Waals surface area contributed by atoms with Crippen LogP contribution in [0.2, 0.25) is 0 Å². The maximum Gasteiger partial charge on any atom is 0.222 e. The van der Waals surface area contributed by atoms with Gasteiger partial charge in [-0.15, -0.1) is 0 Å². The summed E-state index contributed by atoms with van der Waals surface area (Å²) in [7, 11) is -3.14. The van der Waals surface area contributed by atoms with Crippen LogP contribution in [0.25, 0.3) is 0 Å². The van der Waals surface area contributed by atoms with Crippen LogP contribution in [-0.4, -0.2) is 69.1 Å². The predicted molar refractivity (Wildman–Crippen MR) is 82.4 cm³/mol. The van der Waals surface area contributed by atoms with Crippen LogP contribution in [-0.2, 0) is 14.8 Å². The van der Waals surface area contributed by atoms with Crippen molar-refractivity contribution in [2.24, 2.45) is 5.92 Å². The third-order valence-corrected chi connectivity index (χ3v) is 5.80. The Morgan fingerprint density at radius 3 is 2.52 bits per heavy atom. The van der Waals surface area contributed by atoms with Crippen LogP contribution < -0.4 is 5.32 Å². The zero-order valence-corrected chi connectivity index (χ0v) is 13.7. The highest BCUT2D eigenvalue weighted by atomic mass is 32.2. The Morgan fingerprint density at radius 2 is 1.86 bits per heavy atom. The molecule has 21 heavy (non-hydrogen) atoms. The molecule has 2 heterocycles. The summed E-state index contributed by atoms with van der Waals surface area (Å²) in [6, 6.07) is 0. The molecule has 2 saturated heterocycles. The average Bonchev–Trinajstić information content (AvgIpc) is 2.71. The minimum absolute atomic E-state index is 0.184. The summed E-state index contributed by atoms with van der Waals surface area (Å²) in [6.07, 6.45) is 5.86. The van der Waals surface area contributed by atoms with Crippen LogP contribution in [0.4, 0.5) is 0 Å². The third kappa shape index (κ3) is 5.23. The minimum Gasteiger partial charge on any atom is -0.341 e. The first kappa shape index (κ1) is 16.7. The molecule has 1 amide bonds. The fourth-order valence-electron chi connectivity index (χ4n) is 3.13. The Labute approximate surface area is 127 Å². The monoisotopic (exact) mass is 317 g/mol. The van der Waals surface area contributed by atoms with Gasteiger partial charge in [-0.25, -0.2) is 12.7 Å². The van der Waals surface area contributed by atoms with Crippen molar-refractivity contribution in [2.45, 2.75) is 32.1 Å². The van der Waals surface area contributed by atoms with Crippen LogP contribution in [0, 0.1) is 5.92 Å². The van der Waals surface area contributed by atoms with Gasteiger partial charge in [0.05, 0.1) is 6.26 Å². The number of nitrogens with one attached hydrogen (secondary N) is 1. The lowest BCUT2D eigenvalue weighted by molar-refractivity contribution is -0.131. The number of rotatable bonds is 4. The van der Waals surface area contributed by atoms with Gasteiger partial charge in [-0.2, -0.15) is 0 Å². The van der Waals surface area contributed by atoms with E-state index >= 15 is 0 Å². The standard InChI is InChI=1S/C14H27N3O3S/c1-21(19,20)17-10-2-9-16(11-12-17)14(18)4-3-13-5-7-15-8-6-13/h13,15H,2-12H2,1H3. The van der Waals surface area contributed by atoms with Crippen molar-refractivity contribution >= 4 is 15.9 Å². The van der Waals surface area contributed by atoms with E-state index in [1.165, 1.54) is 10.6 Å². The topological polar surface area (TPSA) is 69.7 Å². The fraction of sp³-hybridized carbons (Fsp3) is 0.929. The van der Waals surface area contributed by atoms with Crippen molar-refractivity contribution in [1.29, 1.82) is 0 Å². The van der Waals surface area contributed by atoms with Crippen LogP contribution in [0.3, 0.4) is 0 Å². The zero-order chi connectivity index (χ0) is 15.3. The maximum atomic E-state index is 12.3. The van der Waals surface area contributed by atoms with Gasteiger partial charge in [0.15, 0.2) is 0 Å². The smallest absolute Gasteiger partial charge is 0.222 e. The number of carbonyl (C=O) groups is 1. The van der Waals surface area contributed by atoms with Crippen molar-refractivity contribution < 1.29 is 13.2 Å². The summed E-state index contributed by atoms with van der Waals surface area (Å²) < 4.78 is 24.6. The average molecular weight is 317 g/mol. The summed E-state index contributed by atoms with van der Waals surface area (Å²) >= 11 is 0. The summed E-state index contributed by atoms with van der Waals surface area (Å²) in [6.45, 7) is 4.28. The van der Waals surface area contributed by atoms with Crippen molar-refractivity contribution in [3.05, 3.63) is 0 Å². The molecule has 0 aliphatic carbocycles. The second-order valence-corrected chi connectivity index (χ2v) is 8.11. The van der Waals surface area contributed by atoms with Gasteiger partial charge >= 0.3 is 0 Å². The second kappa shape index (κ2) is 7.56. The molecule has 0 spiro atoms. The first-order valence-electron chi connectivity index (χ1n) is 7.90. The minimum atomic E-state index is -3.14. The first-order chi connectivity index (χ1) is 9.97. The van der Waals surface area contributed by atoms with Gasteiger partial charge in [-0.1, -0.05) is 0 Å². The van der Waals surface area contributed by atoms with Gasteiger partial charge in [0.2, 0.25) is 15.9 Å². The van der Waals surface area contributed by atoms with Gasteiger partial charge in [0, 0.05) is 32.6 Å². The molecule has 0 saturated carbocycles. The van der Waals surface area contributed by atoms with E-state index in [1.54, 1.807) is 0 Å². The number of carbonyl (C=O) groups excluding carboxylic acids is 1. The molecule has 0 aromatic rings. The van der Waals surface area contributed by atoms with Crippen LogP contribution in [0.5, 0.6) is 0 Å². The molecule has 2 rings (SSSR count). The van der Waals surface area contributed by atoms with E-state index < -0.39 is 10.0 Å². The van der Waals surface area contributed by atoms with Gasteiger partial charge in [0.1, 0.15) is 0 Å². The molecule has 0 radical (unpaired) electrons. The highest BCUT2D eigenvalue weighted by molar-refractivity contribution is 7.88. The lowest BCUT2D eigenvalue weighted by atomic mass is 9.93. The summed E-state index contributed by atoms with van der Waals surface area (Å²) in [5.74, 6) is 0.846. The number of nitrogens with zero attached hydrogens (tertiary/aromatic N) is 2. The molecule has 6 nitrogen and oxygen atoms in total. The molecular weight excluding hydrogens is 290 g/mol. The molecule has 0 atom stereocenters. The molecule has 0 bridgehead atoms. The van der Waals surface area contributed by atoms with Gasteiger partial charge in [-0.05, 0) is 44.7 Å². The van der Waals surface area contributed by atoms with E-state index in [9.17, 15) is 13.2 Å². The molecule has 2 fully saturated rings. The molecule has 0 aromatic carbocycles. The lowest BCUT2D eigenvalue weighted by Gasteiger charge is -2.25. The van der Waals surface area contributed by atoms with Gasteiger partial charge in [-0.3, -0.25) is 4.79 Å². The number of hydrogen-bond donors (Lipinski definition) is 1. The molecule has 1 N–H and O–H groups in total. The fourth-order valence-corrected chi connectivity index (χ4v) is 4.00. The highest BCUT2D eigenvalue weighted by Gasteiger charge is 2.24. The van der Waals surface area contributed by atoms with Crippen molar-refractivity contribution in [3.8, 4) is 0 Å². The third-order valence-electron chi connectivity index (χ3n) is 4.50. The second-order valence-electron chi connectivity index (χ2n) is 6.13. The van der Waals surface area contributed by atoms with Crippen molar-refractivity contribution in [1.82, 2.24) is 14.5 Å². The SMILES string of the molecule is CS(=O)(=O)N1CCCN(C(=O)CCC2CCNCC2)CC1. The Kier molecular flexibility index (Phi) is 6.01. The predicted octanol–water partition coefficient (Wildman–Crippen LogP) is 0.260. The van der Waals surface area contributed by atoms with Gasteiger partial charge < -0.3 is 10.2 Å². The van der Waals surface area contributed by atoms with E-state index in [-0.39, 0.29) is 5.91 Å². The van der Waals surface area contributed by atoms with Crippen LogP contribution in [0.1, 0.15) is 32.1 Å². The molecular formula is C14H27N3O3S. The van der Waals surface area contributed by atoms with Crippen LogP contribution >= 0.6 is 0 Å². The Bertz CT molecular complexity index is 446. The van der Waals surface area contributed by atoms with E-state index in [1.807, 2.05) is 4.90 Å². The number of amides is 1. The molecule has 122 valence electrons. The van der Waals surface area contributed by atoms with Crippen molar-refractivity contribution in [3.63, 3.8) is 0 Å². The lowest BCUT2D eigenvalue weighted by Crippen LogP contribution is -2.37. The molecule has 2 aliphatic heterocycles. The summed E-state index contributed by atoms with van der Waals surface area (Å²) in [4.78, 5) is 14.1. The number of hydrogen-bond acceptors (Lipinski definition) is 4. The van der Waals surface area contributed by atoms with E-state index in [4.69, 9.17) is 0 Å². The normalized spacial score (nSPS) is 23.0. The van der Waals surface area contributed by atoms with E-state index in [2.05, 4.69) is 5.32 Å². The summed E-state index contributed by atoms with van der Waals surface area (Å²) in [5.41, 5.74) is 0. The number of piperidine rings is 1. The maximum absolute atomic E-state index is 12.3. The zero-order valence-electron chi connectivity index (χ0n) is 12.9. The Hall–Kier alpha value is -0.660. The molecule has 2 aliphatic rings. The quantitative estimate of drug-likeness (QED) is 0.807. The molecule has 0 unspecified atom stereocenters. The number of sulfonamides is 1. The summed E-state index contributed by atoms with van der Waals surface area (Å²) in [5, 5.41) is 3.34. The van der Waals surface area contributed by atoms with Gasteiger partial charge in [0.25, 0.3) is 0 Å². The molecule has 0 aromatic heterocycles. The Balaban J connectivity index is 1.77. The van der Waals surface area contributed by atoms with Crippen molar-refractivity contribution in [2.75, 3.05) is 45.5 Å². The van der Waals surface area contributed by atoms with E-state index in [0.29, 0.717) is 38.5 Å². The van der Waals surface area contributed by atoms with E-state index in [0.717, 1.165) is 38.8 Å². The largest absolute Gasteiger partial charge is 0.341 e. The first-order valence-corrected chi connectivity index (χ1v) is 9.75. The highest BCUT2D eigenvalue weighted by Crippen LogP contribution is 2.19. The molecule has 7 heteroatoms.